The lowest BCUT2D eigenvalue weighted by Crippen LogP contribution is -2.51. The zero-order valence-corrected chi connectivity index (χ0v) is 18.6. The summed E-state index contributed by atoms with van der Waals surface area (Å²) in [6.07, 6.45) is 0. The molecule has 0 radical (unpaired) electrons. The van der Waals surface area contributed by atoms with E-state index in [9.17, 15) is 18.5 Å². The zero-order valence-electron chi connectivity index (χ0n) is 16.9. The Hall–Kier alpha value is -3.20. The minimum Gasteiger partial charge on any atom is -0.411 e. The number of rotatable bonds is 6. The van der Waals surface area contributed by atoms with E-state index in [1.165, 1.54) is 16.4 Å². The molecule has 1 aromatic heterocycles. The maximum absolute atomic E-state index is 12.9. The summed E-state index contributed by atoms with van der Waals surface area (Å²) in [7, 11) is -3.80. The standard InChI is InChI=1S/C21H19N5O4S2/c22-14-17-8-4-5-9-18(17)32(28,29)26-12-10-25(11-13-26)19(27)15-31-21-24-23-20(30-21)16-6-2-1-3-7-16/h1-9H,10-13,15H2. The van der Waals surface area contributed by atoms with Gasteiger partial charge in [0.05, 0.1) is 16.2 Å². The van der Waals surface area contributed by atoms with Gasteiger partial charge in [0.15, 0.2) is 0 Å². The van der Waals surface area contributed by atoms with Crippen molar-refractivity contribution >= 4 is 27.7 Å². The van der Waals surface area contributed by atoms with Crippen molar-refractivity contribution in [3.8, 4) is 17.5 Å². The van der Waals surface area contributed by atoms with Crippen molar-refractivity contribution in [1.82, 2.24) is 19.4 Å². The van der Waals surface area contributed by atoms with E-state index in [0.29, 0.717) is 11.1 Å². The quantitative estimate of drug-likeness (QED) is 0.504. The molecule has 1 aliphatic rings. The number of thioether (sulfide) groups is 1. The lowest BCUT2D eigenvalue weighted by Gasteiger charge is -2.34. The van der Waals surface area contributed by atoms with Gasteiger partial charge in [-0.25, -0.2) is 8.42 Å². The van der Waals surface area contributed by atoms with E-state index >= 15 is 0 Å². The van der Waals surface area contributed by atoms with Crippen LogP contribution in [0.3, 0.4) is 0 Å². The first-order valence-corrected chi connectivity index (χ1v) is 12.2. The molecule has 0 bridgehead atoms. The van der Waals surface area contributed by atoms with E-state index < -0.39 is 10.0 Å². The van der Waals surface area contributed by atoms with Crippen LogP contribution in [0.15, 0.2) is 69.1 Å². The van der Waals surface area contributed by atoms with Crippen molar-refractivity contribution in [2.24, 2.45) is 0 Å². The minimum absolute atomic E-state index is 0.0107. The second-order valence-corrected chi connectivity index (χ2v) is 9.75. The Bertz CT molecular complexity index is 1250. The fraction of sp³-hybridized carbons (Fsp3) is 0.238. The molecule has 0 N–H and O–H groups in total. The monoisotopic (exact) mass is 469 g/mol. The molecule has 3 aromatic rings. The Morgan fingerprint density at radius 3 is 2.44 bits per heavy atom. The fourth-order valence-corrected chi connectivity index (χ4v) is 5.51. The van der Waals surface area contributed by atoms with E-state index in [2.05, 4.69) is 10.2 Å². The molecule has 0 atom stereocenters. The van der Waals surface area contributed by atoms with Crippen LogP contribution in [-0.4, -0.2) is 65.7 Å². The number of carbonyl (C=O) groups excluding carboxylic acids is 1. The summed E-state index contributed by atoms with van der Waals surface area (Å²) >= 11 is 1.15. The topological polar surface area (TPSA) is 120 Å². The first-order chi connectivity index (χ1) is 15.5. The van der Waals surface area contributed by atoms with Gasteiger partial charge in [0.1, 0.15) is 6.07 Å². The highest BCUT2D eigenvalue weighted by Gasteiger charge is 2.31. The third-order valence-corrected chi connectivity index (χ3v) is 7.72. The summed E-state index contributed by atoms with van der Waals surface area (Å²) in [6.45, 7) is 0.868. The molecule has 0 saturated carbocycles. The van der Waals surface area contributed by atoms with Gasteiger partial charge in [-0.2, -0.15) is 9.57 Å². The fourth-order valence-electron chi connectivity index (χ4n) is 3.28. The van der Waals surface area contributed by atoms with E-state index in [1.807, 2.05) is 36.4 Å². The van der Waals surface area contributed by atoms with Gasteiger partial charge in [-0.05, 0) is 24.3 Å². The molecule has 0 aliphatic carbocycles. The highest BCUT2D eigenvalue weighted by molar-refractivity contribution is 7.99. The molecule has 32 heavy (non-hydrogen) atoms. The van der Waals surface area contributed by atoms with Gasteiger partial charge < -0.3 is 9.32 Å². The van der Waals surface area contributed by atoms with Gasteiger partial charge >= 0.3 is 0 Å². The summed E-state index contributed by atoms with van der Waals surface area (Å²) in [5.41, 5.74) is 0.908. The molecule has 4 rings (SSSR count). The van der Waals surface area contributed by atoms with E-state index in [0.717, 1.165) is 17.3 Å². The number of hydrogen-bond donors (Lipinski definition) is 0. The Kier molecular flexibility index (Phi) is 6.55. The summed E-state index contributed by atoms with van der Waals surface area (Å²) in [6, 6.07) is 17.4. The van der Waals surface area contributed by atoms with Crippen LogP contribution in [0, 0.1) is 11.3 Å². The van der Waals surface area contributed by atoms with Gasteiger partial charge in [0.25, 0.3) is 5.22 Å². The van der Waals surface area contributed by atoms with E-state index in [1.54, 1.807) is 17.0 Å². The third-order valence-electron chi connectivity index (χ3n) is 4.96. The van der Waals surface area contributed by atoms with Crippen LogP contribution in [0.1, 0.15) is 5.56 Å². The van der Waals surface area contributed by atoms with Crippen LogP contribution >= 0.6 is 11.8 Å². The highest BCUT2D eigenvalue weighted by Crippen LogP contribution is 2.24. The summed E-state index contributed by atoms with van der Waals surface area (Å²) < 4.78 is 32.7. The molecule has 9 nitrogen and oxygen atoms in total. The van der Waals surface area contributed by atoms with Gasteiger partial charge in [-0.3, -0.25) is 4.79 Å². The van der Waals surface area contributed by atoms with Crippen LogP contribution in [0.2, 0.25) is 0 Å². The lowest BCUT2D eigenvalue weighted by atomic mass is 10.2. The smallest absolute Gasteiger partial charge is 0.277 e. The number of nitriles is 1. The molecular weight excluding hydrogens is 450 g/mol. The Balaban J connectivity index is 1.32. The van der Waals surface area contributed by atoms with Crippen LogP contribution in [-0.2, 0) is 14.8 Å². The Morgan fingerprint density at radius 2 is 1.72 bits per heavy atom. The normalized spacial score (nSPS) is 14.8. The molecular formula is C21H19N5O4S2. The van der Waals surface area contributed by atoms with Crippen molar-refractivity contribution < 1.29 is 17.6 Å². The lowest BCUT2D eigenvalue weighted by molar-refractivity contribution is -0.129. The van der Waals surface area contributed by atoms with Crippen molar-refractivity contribution in [3.63, 3.8) is 0 Å². The largest absolute Gasteiger partial charge is 0.411 e. The van der Waals surface area contributed by atoms with Gasteiger partial charge in [-0.15, -0.1) is 10.2 Å². The molecule has 2 heterocycles. The van der Waals surface area contributed by atoms with Crippen LogP contribution in [0.4, 0.5) is 0 Å². The zero-order chi connectivity index (χ0) is 22.6. The predicted molar refractivity (Wildman–Crippen MR) is 117 cm³/mol. The third kappa shape index (κ3) is 4.67. The molecule has 1 amide bonds. The molecule has 1 saturated heterocycles. The Morgan fingerprint density at radius 1 is 1.03 bits per heavy atom. The predicted octanol–water partition coefficient (Wildman–Crippen LogP) is 2.23. The number of aromatic nitrogens is 2. The molecule has 164 valence electrons. The number of hydrogen-bond acceptors (Lipinski definition) is 8. The van der Waals surface area contributed by atoms with Crippen molar-refractivity contribution in [1.29, 1.82) is 5.26 Å². The maximum atomic E-state index is 12.9. The van der Waals surface area contributed by atoms with Crippen molar-refractivity contribution in [2.75, 3.05) is 31.9 Å². The molecule has 1 fully saturated rings. The van der Waals surface area contributed by atoms with Crippen LogP contribution in [0.25, 0.3) is 11.5 Å². The van der Waals surface area contributed by atoms with E-state index in [4.69, 9.17) is 4.42 Å². The van der Waals surface area contributed by atoms with Crippen molar-refractivity contribution in [3.05, 3.63) is 60.2 Å². The van der Waals surface area contributed by atoms with Crippen molar-refractivity contribution in [2.45, 2.75) is 10.1 Å². The van der Waals surface area contributed by atoms with Gasteiger partial charge in [0.2, 0.25) is 21.8 Å². The SMILES string of the molecule is N#Cc1ccccc1S(=O)(=O)N1CCN(C(=O)CSc2nnc(-c3ccccc3)o2)CC1. The summed E-state index contributed by atoms with van der Waals surface area (Å²) in [4.78, 5) is 14.2. The number of nitrogens with zero attached hydrogens (tertiary/aromatic N) is 5. The highest BCUT2D eigenvalue weighted by atomic mass is 32.2. The summed E-state index contributed by atoms with van der Waals surface area (Å²) in [5, 5.41) is 17.5. The van der Waals surface area contributed by atoms with Crippen LogP contribution in [0.5, 0.6) is 0 Å². The van der Waals surface area contributed by atoms with Gasteiger partial charge in [-0.1, -0.05) is 42.1 Å². The number of benzene rings is 2. The average Bonchev–Trinajstić information content (AvgIpc) is 3.32. The number of carbonyl (C=O) groups is 1. The van der Waals surface area contributed by atoms with Crippen LogP contribution < -0.4 is 0 Å². The molecule has 2 aromatic carbocycles. The first kappa shape index (κ1) is 22.0. The molecule has 0 unspecified atom stereocenters. The Labute approximate surface area is 189 Å². The minimum atomic E-state index is -3.80. The maximum Gasteiger partial charge on any atom is 0.277 e. The average molecular weight is 470 g/mol. The number of amides is 1. The molecule has 0 spiro atoms. The van der Waals surface area contributed by atoms with E-state index in [-0.39, 0.29) is 48.3 Å². The second-order valence-electron chi connectivity index (χ2n) is 6.92. The second kappa shape index (κ2) is 9.52. The molecule has 11 heteroatoms. The number of piperazine rings is 1. The number of sulfonamides is 1. The molecule has 1 aliphatic heterocycles. The van der Waals surface area contributed by atoms with Gasteiger partial charge in [0, 0.05) is 31.7 Å². The summed E-state index contributed by atoms with van der Waals surface area (Å²) in [5.74, 6) is 0.362. The first-order valence-electron chi connectivity index (χ1n) is 9.78.